The first-order chi connectivity index (χ1) is 16.4. The average molecular weight is 466 g/mol. The zero-order chi connectivity index (χ0) is 24.0. The summed E-state index contributed by atoms with van der Waals surface area (Å²) < 4.78 is 7.30. The van der Waals surface area contributed by atoms with Crippen LogP contribution in [0.2, 0.25) is 0 Å². The van der Waals surface area contributed by atoms with Crippen molar-refractivity contribution in [3.05, 3.63) is 42.5 Å². The van der Waals surface area contributed by atoms with Gasteiger partial charge in [-0.15, -0.1) is 0 Å². The Kier molecular flexibility index (Phi) is 5.65. The molecule has 1 aromatic carbocycles. The number of carbonyl (C=O) groups excluding carboxylic acids is 1. The zero-order valence-electron chi connectivity index (χ0n) is 19.7. The van der Waals surface area contributed by atoms with Gasteiger partial charge < -0.3 is 30.4 Å². The average Bonchev–Trinajstić information content (AvgIpc) is 3.22. The van der Waals surface area contributed by atoms with Crippen LogP contribution in [-0.2, 0) is 16.8 Å². The summed E-state index contributed by atoms with van der Waals surface area (Å²) in [6, 6.07) is 6.70. The van der Waals surface area contributed by atoms with E-state index >= 15 is 0 Å². The zero-order valence-corrected chi connectivity index (χ0v) is 19.7. The molecule has 0 spiro atoms. The van der Waals surface area contributed by atoms with E-state index in [-0.39, 0.29) is 35.9 Å². The van der Waals surface area contributed by atoms with Gasteiger partial charge in [0.1, 0.15) is 12.1 Å². The van der Waals surface area contributed by atoms with Gasteiger partial charge in [0.25, 0.3) is 0 Å². The van der Waals surface area contributed by atoms with E-state index in [9.17, 15) is 9.90 Å². The van der Waals surface area contributed by atoms with E-state index in [1.807, 2.05) is 49.6 Å². The van der Waals surface area contributed by atoms with E-state index < -0.39 is 6.04 Å². The highest BCUT2D eigenvalue weighted by molar-refractivity contribution is 5.84. The van der Waals surface area contributed by atoms with E-state index in [1.54, 1.807) is 13.4 Å². The summed E-state index contributed by atoms with van der Waals surface area (Å²) in [7, 11) is 5.47. The number of ether oxygens (including phenoxy) is 1. The van der Waals surface area contributed by atoms with E-state index in [0.717, 1.165) is 34.7 Å². The Balaban J connectivity index is 1.32. The molecule has 10 heteroatoms. The molecule has 5 atom stereocenters. The van der Waals surface area contributed by atoms with Gasteiger partial charge in [-0.3, -0.25) is 4.79 Å². The molecule has 2 heterocycles. The quantitative estimate of drug-likeness (QED) is 0.443. The second kappa shape index (κ2) is 8.52. The van der Waals surface area contributed by atoms with E-state index in [0.29, 0.717) is 12.8 Å². The number of hydrogen-bond donors (Lipinski definition) is 3. The summed E-state index contributed by atoms with van der Waals surface area (Å²) in [5.41, 5.74) is 8.52. The number of nitrogens with one attached hydrogen (secondary N) is 1. The minimum atomic E-state index is -0.676. The fourth-order valence-corrected chi connectivity index (χ4v) is 5.58. The Morgan fingerprint density at radius 1 is 1.29 bits per heavy atom. The second-order valence-electron chi connectivity index (χ2n) is 9.62. The van der Waals surface area contributed by atoms with Gasteiger partial charge in [-0.05, 0) is 42.9 Å². The molecule has 0 bridgehead atoms. The Labute approximate surface area is 198 Å². The number of nitrogens with zero attached hydrogens (tertiary/aromatic N) is 5. The first-order valence-corrected chi connectivity index (χ1v) is 11.5. The van der Waals surface area contributed by atoms with Crippen molar-refractivity contribution in [3.63, 3.8) is 0 Å². The molecule has 0 radical (unpaired) electrons. The van der Waals surface area contributed by atoms with Crippen molar-refractivity contribution in [2.75, 3.05) is 32.7 Å². The van der Waals surface area contributed by atoms with Crippen LogP contribution in [-0.4, -0.2) is 70.4 Å². The van der Waals surface area contributed by atoms with Crippen molar-refractivity contribution in [1.82, 2.24) is 24.8 Å². The van der Waals surface area contributed by atoms with Crippen molar-refractivity contribution < 1.29 is 14.6 Å². The number of methoxy groups -OCH3 is 1. The Morgan fingerprint density at radius 2 is 2.06 bits per heavy atom. The van der Waals surface area contributed by atoms with E-state index in [1.165, 1.54) is 0 Å². The van der Waals surface area contributed by atoms with Gasteiger partial charge in [0, 0.05) is 32.7 Å². The van der Waals surface area contributed by atoms with Crippen LogP contribution in [0.15, 0.2) is 36.9 Å². The lowest BCUT2D eigenvalue weighted by molar-refractivity contribution is -0.123. The van der Waals surface area contributed by atoms with Crippen LogP contribution in [0.3, 0.4) is 0 Å². The molecule has 2 saturated carbocycles. The summed E-state index contributed by atoms with van der Waals surface area (Å²) >= 11 is 0. The number of carbonyl (C=O) groups is 1. The van der Waals surface area contributed by atoms with Crippen molar-refractivity contribution in [1.29, 1.82) is 0 Å². The molecule has 0 aliphatic heterocycles. The number of imidazole rings is 1. The maximum atomic E-state index is 12.9. The fourth-order valence-electron chi connectivity index (χ4n) is 5.58. The summed E-state index contributed by atoms with van der Waals surface area (Å²) in [4.78, 5) is 28.3. The number of aliphatic hydroxyl groups is 1. The third kappa shape index (κ3) is 3.67. The van der Waals surface area contributed by atoms with Crippen LogP contribution in [0.5, 0.6) is 5.75 Å². The van der Waals surface area contributed by atoms with Gasteiger partial charge >= 0.3 is 0 Å². The van der Waals surface area contributed by atoms with Crippen LogP contribution >= 0.6 is 0 Å². The monoisotopic (exact) mass is 465 g/mol. The molecule has 2 aliphatic carbocycles. The van der Waals surface area contributed by atoms with Crippen LogP contribution in [0.4, 0.5) is 5.82 Å². The molecule has 2 aromatic heterocycles. The summed E-state index contributed by atoms with van der Waals surface area (Å²) in [6.45, 7) is 0.00957. The van der Waals surface area contributed by atoms with Gasteiger partial charge in [-0.1, -0.05) is 12.1 Å². The number of hydrogen-bond acceptors (Lipinski definition) is 8. The van der Waals surface area contributed by atoms with Crippen LogP contribution in [0, 0.1) is 11.8 Å². The minimum Gasteiger partial charge on any atom is -0.497 e. The molecule has 180 valence electrons. The number of rotatable bonds is 8. The fraction of sp³-hybridized carbons (Fsp3) is 0.500. The van der Waals surface area contributed by atoms with Gasteiger partial charge in [0.05, 0.1) is 25.0 Å². The SMILES string of the molecule is COc1ccc(C[C@H](N)C(=O)N[C@H]2C[C@@]3(n4cnc5c(N(C)C)ncnc54)C[C@H]3[C@@H]2CO)cc1. The standard InChI is InChI=1S/C24H31N7O3/c1-30(2)21-20-22(27-12-26-21)31(13-28-20)24-9-17(24)16(11-32)19(10-24)29-23(33)18(25)8-14-4-6-15(34-3)7-5-14/h4-7,12-13,16-19,32H,8-11,25H2,1-3H3,(H,29,33)/t16-,17-,18-,19-,24-/m0/s1. The molecule has 0 saturated heterocycles. The number of nitrogens with two attached hydrogens (primary N) is 1. The molecule has 34 heavy (non-hydrogen) atoms. The number of benzene rings is 1. The molecule has 4 N–H and O–H groups in total. The molecule has 2 aliphatic rings. The highest BCUT2D eigenvalue weighted by Crippen LogP contribution is 2.64. The van der Waals surface area contributed by atoms with Gasteiger partial charge in [-0.25, -0.2) is 15.0 Å². The maximum absolute atomic E-state index is 12.9. The molecule has 3 aromatic rings. The predicted molar refractivity (Wildman–Crippen MR) is 128 cm³/mol. The van der Waals surface area contributed by atoms with Gasteiger partial charge in [0.15, 0.2) is 17.0 Å². The van der Waals surface area contributed by atoms with Crippen molar-refractivity contribution in [2.45, 2.75) is 36.9 Å². The molecule has 1 amide bonds. The second-order valence-corrected chi connectivity index (χ2v) is 9.62. The first kappa shape index (κ1) is 22.5. The number of aliphatic hydroxyl groups excluding tert-OH is 1. The summed E-state index contributed by atoms with van der Waals surface area (Å²) in [5.74, 6) is 1.53. The summed E-state index contributed by atoms with van der Waals surface area (Å²) in [6.07, 6.45) is 5.43. The molecule has 2 fully saturated rings. The lowest BCUT2D eigenvalue weighted by Gasteiger charge is -2.25. The van der Waals surface area contributed by atoms with Crippen LogP contribution < -0.4 is 20.7 Å². The Bertz CT molecular complexity index is 1190. The Hall–Kier alpha value is -3.24. The van der Waals surface area contributed by atoms with Crippen molar-refractivity contribution in [2.24, 2.45) is 17.6 Å². The highest BCUT2D eigenvalue weighted by Gasteiger charge is 2.67. The number of aromatic nitrogens is 4. The minimum absolute atomic E-state index is 0.00957. The third-order valence-electron chi connectivity index (χ3n) is 7.42. The predicted octanol–water partition coefficient (Wildman–Crippen LogP) is 0.683. The van der Waals surface area contributed by atoms with Crippen LogP contribution in [0.1, 0.15) is 18.4 Å². The number of fused-ring (bicyclic) bond motifs is 2. The van der Waals surface area contributed by atoms with Crippen molar-refractivity contribution >= 4 is 22.9 Å². The Morgan fingerprint density at radius 3 is 2.74 bits per heavy atom. The lowest BCUT2D eigenvalue weighted by atomic mass is 9.98. The highest BCUT2D eigenvalue weighted by atomic mass is 16.5. The number of anilines is 1. The van der Waals surface area contributed by atoms with Crippen LogP contribution in [0.25, 0.3) is 11.2 Å². The molecule has 5 rings (SSSR count). The topological polar surface area (TPSA) is 131 Å². The molecule has 10 nitrogen and oxygen atoms in total. The van der Waals surface area contributed by atoms with Crippen molar-refractivity contribution in [3.8, 4) is 5.75 Å². The smallest absolute Gasteiger partial charge is 0.237 e. The molecule has 0 unspecified atom stereocenters. The molecular weight excluding hydrogens is 434 g/mol. The first-order valence-electron chi connectivity index (χ1n) is 11.5. The maximum Gasteiger partial charge on any atom is 0.237 e. The summed E-state index contributed by atoms with van der Waals surface area (Å²) in [5, 5.41) is 13.3. The van der Waals surface area contributed by atoms with E-state index in [2.05, 4.69) is 24.8 Å². The molecular formula is C24H31N7O3. The largest absolute Gasteiger partial charge is 0.497 e. The van der Waals surface area contributed by atoms with E-state index in [4.69, 9.17) is 10.5 Å². The number of amides is 1. The van der Waals surface area contributed by atoms with Gasteiger partial charge in [0.2, 0.25) is 5.91 Å². The third-order valence-corrected chi connectivity index (χ3v) is 7.42. The van der Waals surface area contributed by atoms with Gasteiger partial charge in [-0.2, -0.15) is 0 Å². The normalized spacial score (nSPS) is 26.2. The lowest BCUT2D eigenvalue weighted by Crippen LogP contribution is -2.49.